The van der Waals surface area contributed by atoms with Crippen LogP contribution in [0, 0.1) is 0 Å². The first-order valence-corrected chi connectivity index (χ1v) is 11.7. The molecule has 23 heavy (non-hydrogen) atoms. The second kappa shape index (κ2) is 11.9. The normalized spacial score (nSPS) is 14.7. The van der Waals surface area contributed by atoms with E-state index in [1.54, 1.807) is 0 Å². The molecular formula is C21H34OSe. The van der Waals surface area contributed by atoms with E-state index in [9.17, 15) is 5.11 Å². The van der Waals surface area contributed by atoms with E-state index in [0.717, 1.165) is 12.0 Å². The van der Waals surface area contributed by atoms with Crippen LogP contribution in [-0.2, 0) is 5.60 Å². The van der Waals surface area contributed by atoms with Gasteiger partial charge in [0.25, 0.3) is 0 Å². The van der Waals surface area contributed by atoms with Crippen molar-refractivity contribution in [2.24, 2.45) is 0 Å². The Kier molecular flexibility index (Phi) is 10.6. The van der Waals surface area contributed by atoms with Crippen molar-refractivity contribution in [1.82, 2.24) is 0 Å². The zero-order chi connectivity index (χ0) is 17.0. The number of hydrogen-bond acceptors (Lipinski definition) is 1. The average Bonchev–Trinajstić information content (AvgIpc) is 2.57. The molecule has 1 atom stereocenters. The SMILES string of the molecule is CCCCCCCCCC/C=C(\[Se]C)C(C)(O)c1ccccc1. The third kappa shape index (κ3) is 7.70. The molecule has 0 saturated heterocycles. The molecule has 2 heteroatoms. The average molecular weight is 381 g/mol. The molecule has 0 aliphatic rings. The quantitative estimate of drug-likeness (QED) is 0.345. The number of benzene rings is 1. The molecule has 0 aliphatic heterocycles. The summed E-state index contributed by atoms with van der Waals surface area (Å²) in [6, 6.07) is 10.1. The van der Waals surface area contributed by atoms with Crippen molar-refractivity contribution in [3.63, 3.8) is 0 Å². The molecule has 0 amide bonds. The molecule has 1 rings (SSSR count). The first-order chi connectivity index (χ1) is 11.1. The van der Waals surface area contributed by atoms with E-state index in [0.29, 0.717) is 15.0 Å². The summed E-state index contributed by atoms with van der Waals surface area (Å²) in [7, 11) is 0. The number of allylic oxidation sites excluding steroid dienone is 1. The molecule has 130 valence electrons. The summed E-state index contributed by atoms with van der Waals surface area (Å²) in [6.07, 6.45) is 14.2. The Bertz CT molecular complexity index is 436. The van der Waals surface area contributed by atoms with Crippen LogP contribution in [0.2, 0.25) is 5.82 Å². The van der Waals surface area contributed by atoms with Gasteiger partial charge in [-0.05, 0) is 0 Å². The number of rotatable bonds is 12. The van der Waals surface area contributed by atoms with Crippen molar-refractivity contribution in [2.75, 3.05) is 0 Å². The summed E-state index contributed by atoms with van der Waals surface area (Å²) in [5.74, 6) is 2.20. The van der Waals surface area contributed by atoms with Crippen LogP contribution >= 0.6 is 0 Å². The predicted octanol–water partition coefficient (Wildman–Crippen LogP) is 6.06. The zero-order valence-electron chi connectivity index (χ0n) is 15.2. The maximum atomic E-state index is 10.9. The van der Waals surface area contributed by atoms with Crippen molar-refractivity contribution in [3.8, 4) is 0 Å². The third-order valence-electron chi connectivity index (χ3n) is 4.42. The maximum absolute atomic E-state index is 10.9. The van der Waals surface area contributed by atoms with Crippen LogP contribution in [0.25, 0.3) is 0 Å². The molecule has 0 bridgehead atoms. The second-order valence-corrected chi connectivity index (χ2v) is 8.25. The fourth-order valence-electron chi connectivity index (χ4n) is 2.90. The van der Waals surface area contributed by atoms with Gasteiger partial charge >= 0.3 is 150 Å². The molecular weight excluding hydrogens is 347 g/mol. The van der Waals surface area contributed by atoms with Gasteiger partial charge in [-0.3, -0.25) is 0 Å². The van der Waals surface area contributed by atoms with E-state index >= 15 is 0 Å². The Morgan fingerprint density at radius 3 is 2.13 bits per heavy atom. The Labute approximate surface area is 149 Å². The summed E-state index contributed by atoms with van der Waals surface area (Å²) in [4.78, 5) is 0. The van der Waals surface area contributed by atoms with E-state index in [1.165, 1.54) is 55.8 Å². The third-order valence-corrected chi connectivity index (χ3v) is 6.53. The van der Waals surface area contributed by atoms with Gasteiger partial charge in [0.1, 0.15) is 0 Å². The zero-order valence-corrected chi connectivity index (χ0v) is 16.9. The van der Waals surface area contributed by atoms with E-state index in [1.807, 2.05) is 37.3 Å². The molecule has 1 aromatic carbocycles. The Balaban J connectivity index is 2.35. The monoisotopic (exact) mass is 382 g/mol. The van der Waals surface area contributed by atoms with Crippen molar-refractivity contribution in [3.05, 3.63) is 46.4 Å². The summed E-state index contributed by atoms with van der Waals surface area (Å²) in [6.45, 7) is 4.21. The minimum absolute atomic E-state index is 0.333. The van der Waals surface area contributed by atoms with Gasteiger partial charge < -0.3 is 0 Å². The Hall–Kier alpha value is -0.561. The molecule has 0 fully saturated rings. The van der Waals surface area contributed by atoms with Gasteiger partial charge in [0.05, 0.1) is 0 Å². The van der Waals surface area contributed by atoms with Crippen LogP contribution in [-0.4, -0.2) is 20.1 Å². The summed E-state index contributed by atoms with van der Waals surface area (Å²) < 4.78 is 1.21. The minimum atomic E-state index is -0.809. The van der Waals surface area contributed by atoms with Gasteiger partial charge in [-0.25, -0.2) is 0 Å². The molecule has 1 aromatic rings. The topological polar surface area (TPSA) is 20.2 Å². The van der Waals surface area contributed by atoms with E-state index in [2.05, 4.69) is 18.8 Å². The Morgan fingerprint density at radius 1 is 1.00 bits per heavy atom. The standard InChI is InChI=1S/C21H34OSe/c1-4-5-6-7-8-9-10-11-15-18-20(23-3)21(2,22)19-16-13-12-14-17-19/h12-14,16-18,22H,4-11,15H2,1-3H3/b20-18-. The summed E-state index contributed by atoms with van der Waals surface area (Å²) >= 11 is 0.333. The van der Waals surface area contributed by atoms with Crippen LogP contribution in [0.15, 0.2) is 40.9 Å². The first kappa shape index (κ1) is 20.5. The van der Waals surface area contributed by atoms with Gasteiger partial charge in [-0.2, -0.15) is 0 Å². The van der Waals surface area contributed by atoms with Crippen LogP contribution in [0.5, 0.6) is 0 Å². The van der Waals surface area contributed by atoms with E-state index in [-0.39, 0.29) is 0 Å². The molecule has 0 spiro atoms. The van der Waals surface area contributed by atoms with Crippen LogP contribution in [0.4, 0.5) is 0 Å². The molecule has 0 heterocycles. The summed E-state index contributed by atoms with van der Waals surface area (Å²) in [5, 5.41) is 10.9. The molecule has 1 N–H and O–H groups in total. The molecule has 1 unspecified atom stereocenters. The molecule has 1 nitrogen and oxygen atoms in total. The molecule has 0 radical (unpaired) electrons. The van der Waals surface area contributed by atoms with Gasteiger partial charge in [0.15, 0.2) is 0 Å². The number of unbranched alkanes of at least 4 members (excludes halogenated alkanes) is 8. The van der Waals surface area contributed by atoms with Crippen molar-refractivity contribution in [2.45, 2.75) is 83.1 Å². The van der Waals surface area contributed by atoms with E-state index < -0.39 is 5.60 Å². The van der Waals surface area contributed by atoms with Gasteiger partial charge in [0, 0.05) is 0 Å². The van der Waals surface area contributed by atoms with E-state index in [4.69, 9.17) is 0 Å². The van der Waals surface area contributed by atoms with Crippen LogP contribution in [0.3, 0.4) is 0 Å². The Morgan fingerprint density at radius 2 is 1.57 bits per heavy atom. The van der Waals surface area contributed by atoms with Crippen molar-refractivity contribution < 1.29 is 5.11 Å². The van der Waals surface area contributed by atoms with Crippen molar-refractivity contribution >= 4 is 15.0 Å². The fraction of sp³-hybridized carbons (Fsp3) is 0.619. The number of hydrogen-bond donors (Lipinski definition) is 1. The molecule has 0 saturated carbocycles. The van der Waals surface area contributed by atoms with Crippen LogP contribution in [0.1, 0.15) is 77.2 Å². The summed E-state index contributed by atoms with van der Waals surface area (Å²) in [5.41, 5.74) is 0.196. The number of aliphatic hydroxyl groups is 1. The first-order valence-electron chi connectivity index (χ1n) is 9.15. The fourth-order valence-corrected chi connectivity index (χ4v) is 4.58. The molecule has 0 aromatic heterocycles. The van der Waals surface area contributed by atoms with Gasteiger partial charge in [-0.15, -0.1) is 0 Å². The van der Waals surface area contributed by atoms with Gasteiger partial charge in [0.2, 0.25) is 0 Å². The predicted molar refractivity (Wildman–Crippen MR) is 103 cm³/mol. The molecule has 0 aliphatic carbocycles. The van der Waals surface area contributed by atoms with Gasteiger partial charge in [-0.1, -0.05) is 0 Å². The van der Waals surface area contributed by atoms with Crippen molar-refractivity contribution in [1.29, 1.82) is 0 Å². The second-order valence-electron chi connectivity index (χ2n) is 6.47. The van der Waals surface area contributed by atoms with Crippen LogP contribution < -0.4 is 0 Å².